The molecule has 0 bridgehead atoms. The molecule has 0 amide bonds. The largest absolute Gasteiger partial charge is 0.339 e. The number of rotatable bonds is 4. The van der Waals surface area contributed by atoms with Crippen molar-refractivity contribution >= 4 is 10.0 Å². The Morgan fingerprint density at radius 1 is 1.12 bits per heavy atom. The molecule has 1 fully saturated rings. The standard InChI is InChI=1S/C17H14FN3O3S/c18-12-3-1-2-11(8-12)16-20-17(24-21-16)15-9-14(15)10-4-6-13(7-5-10)25(19,22)23/h1-8,14-15H,9H2,(H2,19,22,23)/t14?,15-/m1/s1. The van der Waals surface area contributed by atoms with Gasteiger partial charge in [0.1, 0.15) is 5.82 Å². The van der Waals surface area contributed by atoms with Crippen LogP contribution in [0.2, 0.25) is 0 Å². The van der Waals surface area contributed by atoms with Crippen molar-refractivity contribution in [3.63, 3.8) is 0 Å². The molecule has 1 saturated carbocycles. The molecular weight excluding hydrogens is 345 g/mol. The highest BCUT2D eigenvalue weighted by atomic mass is 32.2. The molecule has 1 heterocycles. The molecule has 128 valence electrons. The van der Waals surface area contributed by atoms with E-state index in [1.807, 2.05) is 0 Å². The maximum absolute atomic E-state index is 13.3. The van der Waals surface area contributed by atoms with E-state index in [9.17, 15) is 12.8 Å². The lowest BCUT2D eigenvalue weighted by molar-refractivity contribution is 0.378. The second-order valence-corrected chi connectivity index (χ2v) is 7.59. The van der Waals surface area contributed by atoms with Crippen LogP contribution < -0.4 is 5.14 Å². The third kappa shape index (κ3) is 3.18. The van der Waals surface area contributed by atoms with Crippen LogP contribution in [0.5, 0.6) is 0 Å². The first-order valence-electron chi connectivity index (χ1n) is 7.64. The molecule has 2 atom stereocenters. The van der Waals surface area contributed by atoms with Gasteiger partial charge in [0, 0.05) is 11.5 Å². The molecule has 0 radical (unpaired) electrons. The first-order valence-corrected chi connectivity index (χ1v) is 9.19. The highest BCUT2D eigenvalue weighted by Crippen LogP contribution is 2.54. The van der Waals surface area contributed by atoms with Gasteiger partial charge in [-0.2, -0.15) is 4.98 Å². The summed E-state index contributed by atoms with van der Waals surface area (Å²) in [5.41, 5.74) is 1.55. The van der Waals surface area contributed by atoms with Crippen LogP contribution in [0.1, 0.15) is 29.7 Å². The maximum Gasteiger partial charge on any atom is 0.238 e. The number of hydrogen-bond acceptors (Lipinski definition) is 5. The van der Waals surface area contributed by atoms with E-state index in [2.05, 4.69) is 10.1 Å². The molecule has 2 N–H and O–H groups in total. The van der Waals surface area contributed by atoms with Crippen molar-refractivity contribution in [1.82, 2.24) is 10.1 Å². The maximum atomic E-state index is 13.3. The summed E-state index contributed by atoms with van der Waals surface area (Å²) in [6.07, 6.45) is 0.833. The molecule has 2 aromatic carbocycles. The van der Waals surface area contributed by atoms with Gasteiger partial charge in [-0.1, -0.05) is 29.4 Å². The van der Waals surface area contributed by atoms with E-state index in [0.29, 0.717) is 17.3 Å². The summed E-state index contributed by atoms with van der Waals surface area (Å²) in [6.45, 7) is 0. The van der Waals surface area contributed by atoms with E-state index in [0.717, 1.165) is 12.0 Å². The lowest BCUT2D eigenvalue weighted by Gasteiger charge is -2.01. The van der Waals surface area contributed by atoms with Gasteiger partial charge in [0.15, 0.2) is 0 Å². The zero-order chi connectivity index (χ0) is 17.6. The van der Waals surface area contributed by atoms with Gasteiger partial charge < -0.3 is 4.52 Å². The van der Waals surface area contributed by atoms with E-state index >= 15 is 0 Å². The zero-order valence-electron chi connectivity index (χ0n) is 13.0. The van der Waals surface area contributed by atoms with Crippen molar-refractivity contribution < 1.29 is 17.3 Å². The number of nitrogens with two attached hydrogens (primary N) is 1. The summed E-state index contributed by atoms with van der Waals surface area (Å²) in [5.74, 6) is 0.762. The molecular formula is C17H14FN3O3S. The summed E-state index contributed by atoms with van der Waals surface area (Å²) < 4.78 is 41.2. The Balaban J connectivity index is 1.52. The topological polar surface area (TPSA) is 99.1 Å². The highest BCUT2D eigenvalue weighted by molar-refractivity contribution is 7.89. The van der Waals surface area contributed by atoms with Gasteiger partial charge in [-0.25, -0.2) is 17.9 Å². The highest BCUT2D eigenvalue weighted by Gasteiger charge is 2.43. The van der Waals surface area contributed by atoms with Gasteiger partial charge in [0.2, 0.25) is 21.7 Å². The zero-order valence-corrected chi connectivity index (χ0v) is 13.8. The van der Waals surface area contributed by atoms with E-state index in [-0.39, 0.29) is 22.5 Å². The predicted octanol–water partition coefficient (Wildman–Crippen LogP) is 2.79. The van der Waals surface area contributed by atoms with Crippen LogP contribution in [-0.4, -0.2) is 18.6 Å². The summed E-state index contributed by atoms with van der Waals surface area (Å²) >= 11 is 0. The minimum atomic E-state index is -3.69. The molecule has 0 aliphatic heterocycles. The van der Waals surface area contributed by atoms with E-state index in [1.165, 1.54) is 24.3 Å². The molecule has 0 spiro atoms. The van der Waals surface area contributed by atoms with E-state index < -0.39 is 10.0 Å². The first-order chi connectivity index (χ1) is 11.9. The van der Waals surface area contributed by atoms with Crippen molar-refractivity contribution in [2.45, 2.75) is 23.2 Å². The second-order valence-electron chi connectivity index (χ2n) is 6.03. The number of halogens is 1. The van der Waals surface area contributed by atoms with Crippen molar-refractivity contribution in [3.8, 4) is 11.4 Å². The van der Waals surface area contributed by atoms with Gasteiger partial charge in [-0.15, -0.1) is 0 Å². The van der Waals surface area contributed by atoms with Crippen LogP contribution in [-0.2, 0) is 10.0 Å². The van der Waals surface area contributed by atoms with Gasteiger partial charge in [-0.3, -0.25) is 0 Å². The van der Waals surface area contributed by atoms with E-state index in [4.69, 9.17) is 9.66 Å². The smallest absolute Gasteiger partial charge is 0.238 e. The van der Waals surface area contributed by atoms with Crippen LogP contribution >= 0.6 is 0 Å². The van der Waals surface area contributed by atoms with Crippen LogP contribution in [0.4, 0.5) is 4.39 Å². The van der Waals surface area contributed by atoms with Gasteiger partial charge in [0.05, 0.1) is 4.90 Å². The minimum Gasteiger partial charge on any atom is -0.339 e. The molecule has 1 aromatic heterocycles. The van der Waals surface area contributed by atoms with Gasteiger partial charge in [-0.05, 0) is 42.2 Å². The van der Waals surface area contributed by atoms with Gasteiger partial charge >= 0.3 is 0 Å². The minimum absolute atomic E-state index is 0.0788. The monoisotopic (exact) mass is 359 g/mol. The molecule has 25 heavy (non-hydrogen) atoms. The molecule has 1 aliphatic carbocycles. The summed E-state index contributed by atoms with van der Waals surface area (Å²) in [6, 6.07) is 12.5. The van der Waals surface area contributed by atoms with Crippen LogP contribution in [0.25, 0.3) is 11.4 Å². The Kier molecular flexibility index (Phi) is 3.66. The van der Waals surface area contributed by atoms with Crippen molar-refractivity contribution in [2.75, 3.05) is 0 Å². The molecule has 1 aliphatic rings. The molecule has 4 rings (SSSR count). The number of hydrogen-bond donors (Lipinski definition) is 1. The second kappa shape index (κ2) is 5.75. The fourth-order valence-electron chi connectivity index (χ4n) is 2.87. The third-order valence-corrected chi connectivity index (χ3v) is 5.20. The fraction of sp³-hybridized carbons (Fsp3) is 0.176. The molecule has 6 nitrogen and oxygen atoms in total. The Hall–Kier alpha value is -2.58. The average Bonchev–Trinajstić information content (AvgIpc) is 3.22. The Labute approximate surface area is 143 Å². The Morgan fingerprint density at radius 3 is 2.56 bits per heavy atom. The van der Waals surface area contributed by atoms with E-state index in [1.54, 1.807) is 24.3 Å². The SMILES string of the molecule is NS(=O)(=O)c1ccc(C2C[C@H]2c2nc(-c3cccc(F)c3)no2)cc1. The summed E-state index contributed by atoms with van der Waals surface area (Å²) in [7, 11) is -3.69. The molecule has 0 saturated heterocycles. The lowest BCUT2D eigenvalue weighted by atomic mass is 10.1. The normalized spacial score (nSPS) is 19.8. The lowest BCUT2D eigenvalue weighted by Crippen LogP contribution is -2.11. The quantitative estimate of drug-likeness (QED) is 0.772. The predicted molar refractivity (Wildman–Crippen MR) is 87.6 cm³/mol. The van der Waals surface area contributed by atoms with Crippen LogP contribution in [0.3, 0.4) is 0 Å². The van der Waals surface area contributed by atoms with Crippen LogP contribution in [0.15, 0.2) is 57.9 Å². The molecule has 3 aromatic rings. The summed E-state index contributed by atoms with van der Waals surface area (Å²) in [4.78, 5) is 4.44. The summed E-state index contributed by atoms with van der Waals surface area (Å²) in [5, 5.41) is 9.01. The molecule has 1 unspecified atom stereocenters. The molecule has 8 heteroatoms. The number of primary sulfonamides is 1. The van der Waals surface area contributed by atoms with Crippen molar-refractivity contribution in [3.05, 3.63) is 65.8 Å². The Morgan fingerprint density at radius 2 is 1.88 bits per heavy atom. The van der Waals surface area contributed by atoms with Crippen molar-refractivity contribution in [2.24, 2.45) is 5.14 Å². The van der Waals surface area contributed by atoms with Crippen molar-refractivity contribution in [1.29, 1.82) is 0 Å². The average molecular weight is 359 g/mol. The Bertz CT molecular complexity index is 1030. The number of benzene rings is 2. The third-order valence-electron chi connectivity index (χ3n) is 4.27. The van der Waals surface area contributed by atoms with Gasteiger partial charge in [0.25, 0.3) is 0 Å². The number of sulfonamides is 1. The van der Waals surface area contributed by atoms with Crippen LogP contribution in [0, 0.1) is 5.82 Å². The first kappa shape index (κ1) is 15.9. The fourth-order valence-corrected chi connectivity index (χ4v) is 3.39. The number of aromatic nitrogens is 2. The number of nitrogens with zero attached hydrogens (tertiary/aromatic N) is 2.